The van der Waals surface area contributed by atoms with Crippen LogP contribution in [0, 0.1) is 0 Å². The molecule has 0 unspecified atom stereocenters. The normalized spacial score (nSPS) is 28.6. The van der Waals surface area contributed by atoms with Gasteiger partial charge in [-0.2, -0.15) is 0 Å². The first-order valence-electron chi connectivity index (χ1n) is 7.52. The predicted octanol–water partition coefficient (Wildman–Crippen LogP) is 3.75. The van der Waals surface area contributed by atoms with E-state index < -0.39 is 0 Å². The molecule has 2 heterocycles. The van der Waals surface area contributed by atoms with E-state index in [9.17, 15) is 4.79 Å². The van der Waals surface area contributed by atoms with Gasteiger partial charge in [0.2, 0.25) is 5.91 Å². The minimum atomic E-state index is -0.236. The highest BCUT2D eigenvalue weighted by Crippen LogP contribution is 2.65. The van der Waals surface area contributed by atoms with Gasteiger partial charge in [-0.25, -0.2) is 0 Å². The second kappa shape index (κ2) is 3.64. The Kier molecular flexibility index (Phi) is 1.96. The Labute approximate surface area is 123 Å². The third kappa shape index (κ3) is 1.14. The topological polar surface area (TPSA) is 20.3 Å². The summed E-state index contributed by atoms with van der Waals surface area (Å²) >= 11 is 0. The van der Waals surface area contributed by atoms with E-state index in [0.29, 0.717) is 12.3 Å². The number of carbonyl (C=O) groups excluding carboxylic acids is 1. The summed E-state index contributed by atoms with van der Waals surface area (Å²) in [7, 11) is 0. The van der Waals surface area contributed by atoms with Gasteiger partial charge in [-0.3, -0.25) is 9.69 Å². The quantitative estimate of drug-likeness (QED) is 0.725. The number of para-hydroxylation sites is 1. The van der Waals surface area contributed by atoms with Gasteiger partial charge in [0.15, 0.2) is 0 Å². The number of amides is 1. The zero-order valence-electron chi connectivity index (χ0n) is 11.6. The highest BCUT2D eigenvalue weighted by atomic mass is 16.2. The van der Waals surface area contributed by atoms with Gasteiger partial charge < -0.3 is 0 Å². The minimum Gasteiger partial charge on any atom is -0.297 e. The molecule has 1 saturated heterocycles. The molecule has 2 nitrogen and oxygen atoms in total. The first-order valence-corrected chi connectivity index (χ1v) is 7.52. The molecular formula is C19H15NO. The molecule has 0 radical (unpaired) electrons. The van der Waals surface area contributed by atoms with Gasteiger partial charge >= 0.3 is 0 Å². The Morgan fingerprint density at radius 1 is 0.952 bits per heavy atom. The first-order chi connectivity index (χ1) is 10.3. The number of anilines is 1. The molecule has 2 aliphatic heterocycles. The lowest BCUT2D eigenvalue weighted by molar-refractivity contribution is -0.120. The number of fused-ring (bicyclic) bond motifs is 3. The van der Waals surface area contributed by atoms with Crippen LogP contribution in [0.25, 0.3) is 0 Å². The molecule has 0 aromatic heterocycles. The van der Waals surface area contributed by atoms with E-state index in [0.717, 1.165) is 12.1 Å². The highest BCUT2D eigenvalue weighted by molar-refractivity contribution is 6.02. The Morgan fingerprint density at radius 2 is 1.71 bits per heavy atom. The lowest BCUT2D eigenvalue weighted by Crippen LogP contribution is -2.57. The summed E-state index contributed by atoms with van der Waals surface area (Å²) in [6, 6.07) is 18.9. The SMILES string of the molecule is O=C1CCC2=C[C@@H]3c4ccccc4N1[C@]23c1ccccc1. The van der Waals surface area contributed by atoms with Crippen LogP contribution in [0.15, 0.2) is 66.2 Å². The molecule has 2 heteroatoms. The van der Waals surface area contributed by atoms with E-state index >= 15 is 0 Å². The number of nitrogens with zero attached hydrogens (tertiary/aromatic N) is 1. The average molecular weight is 273 g/mol. The molecule has 0 N–H and O–H groups in total. The van der Waals surface area contributed by atoms with Gasteiger partial charge in [0.25, 0.3) is 0 Å². The Hall–Kier alpha value is -2.35. The van der Waals surface area contributed by atoms with Crippen LogP contribution in [0.5, 0.6) is 0 Å². The molecule has 5 rings (SSSR count). The van der Waals surface area contributed by atoms with Crippen LogP contribution in [0.3, 0.4) is 0 Å². The van der Waals surface area contributed by atoms with Crippen molar-refractivity contribution in [2.45, 2.75) is 24.3 Å². The summed E-state index contributed by atoms with van der Waals surface area (Å²) in [6.07, 6.45) is 3.90. The number of hydrogen-bond acceptors (Lipinski definition) is 1. The monoisotopic (exact) mass is 273 g/mol. The summed E-state index contributed by atoms with van der Waals surface area (Å²) in [4.78, 5) is 14.8. The second-order valence-corrected chi connectivity index (χ2v) is 6.09. The molecule has 21 heavy (non-hydrogen) atoms. The molecule has 2 atom stereocenters. The largest absolute Gasteiger partial charge is 0.297 e. The van der Waals surface area contributed by atoms with Gasteiger partial charge in [0.05, 0.1) is 0 Å². The van der Waals surface area contributed by atoms with Crippen molar-refractivity contribution in [2.75, 3.05) is 4.90 Å². The van der Waals surface area contributed by atoms with Crippen LogP contribution in [0.2, 0.25) is 0 Å². The van der Waals surface area contributed by atoms with E-state index in [1.54, 1.807) is 0 Å². The van der Waals surface area contributed by atoms with E-state index in [1.807, 2.05) is 12.1 Å². The Balaban J connectivity index is 1.83. The fourth-order valence-electron chi connectivity index (χ4n) is 4.44. The molecule has 0 bridgehead atoms. The molecule has 0 saturated carbocycles. The minimum absolute atomic E-state index is 0.236. The predicted molar refractivity (Wildman–Crippen MR) is 82.1 cm³/mol. The van der Waals surface area contributed by atoms with Crippen molar-refractivity contribution in [3.8, 4) is 0 Å². The van der Waals surface area contributed by atoms with Crippen molar-refractivity contribution in [3.63, 3.8) is 0 Å². The van der Waals surface area contributed by atoms with Crippen LogP contribution in [-0.4, -0.2) is 5.91 Å². The molecule has 3 aliphatic rings. The van der Waals surface area contributed by atoms with Crippen molar-refractivity contribution in [3.05, 3.63) is 77.4 Å². The fourth-order valence-corrected chi connectivity index (χ4v) is 4.44. The van der Waals surface area contributed by atoms with E-state index in [4.69, 9.17) is 0 Å². The highest BCUT2D eigenvalue weighted by Gasteiger charge is 2.62. The molecule has 0 spiro atoms. The summed E-state index contributed by atoms with van der Waals surface area (Å²) in [5.74, 6) is 0.570. The fraction of sp³-hybridized carbons (Fsp3) is 0.211. The van der Waals surface area contributed by atoms with Gasteiger partial charge in [-0.15, -0.1) is 0 Å². The maximum Gasteiger partial charge on any atom is 0.228 e. The summed E-state index contributed by atoms with van der Waals surface area (Å²) in [5.41, 5.74) is 4.81. The van der Waals surface area contributed by atoms with Crippen LogP contribution < -0.4 is 4.90 Å². The summed E-state index contributed by atoms with van der Waals surface area (Å²) < 4.78 is 0. The molecule has 1 aliphatic carbocycles. The van der Waals surface area contributed by atoms with Crippen molar-refractivity contribution in [2.24, 2.45) is 0 Å². The third-order valence-corrected chi connectivity index (χ3v) is 5.24. The molecule has 1 fully saturated rings. The standard InChI is InChI=1S/C19H15NO/c21-18-11-10-14-12-16-15-8-4-5-9-17(15)20(18)19(14,16)13-6-2-1-3-7-13/h1-9,12,16H,10-11H2/t16-,19-/m1/s1. The molecule has 2 aromatic carbocycles. The number of hydrogen-bond donors (Lipinski definition) is 0. The molecule has 2 aromatic rings. The second-order valence-electron chi connectivity index (χ2n) is 6.09. The van der Waals surface area contributed by atoms with Crippen molar-refractivity contribution < 1.29 is 4.79 Å². The lowest BCUT2D eigenvalue weighted by atomic mass is 9.60. The van der Waals surface area contributed by atoms with E-state index in [1.165, 1.54) is 16.7 Å². The van der Waals surface area contributed by atoms with Crippen molar-refractivity contribution in [1.82, 2.24) is 0 Å². The zero-order valence-corrected chi connectivity index (χ0v) is 11.6. The van der Waals surface area contributed by atoms with Gasteiger partial charge in [-0.1, -0.05) is 54.6 Å². The van der Waals surface area contributed by atoms with Gasteiger partial charge in [0.1, 0.15) is 5.54 Å². The third-order valence-electron chi connectivity index (χ3n) is 5.24. The smallest absolute Gasteiger partial charge is 0.228 e. The van der Waals surface area contributed by atoms with Gasteiger partial charge in [0, 0.05) is 18.0 Å². The molecule has 1 amide bonds. The van der Waals surface area contributed by atoms with Crippen molar-refractivity contribution >= 4 is 11.6 Å². The average Bonchev–Trinajstić information content (AvgIpc) is 2.78. The number of piperidine rings is 1. The Bertz CT molecular complexity index is 792. The van der Waals surface area contributed by atoms with Crippen LogP contribution >= 0.6 is 0 Å². The zero-order chi connectivity index (χ0) is 14.0. The maximum atomic E-state index is 12.7. The molecular weight excluding hydrogens is 258 g/mol. The summed E-state index contributed by atoms with van der Waals surface area (Å²) in [6.45, 7) is 0. The lowest BCUT2D eigenvalue weighted by Gasteiger charge is -2.53. The maximum absolute atomic E-state index is 12.7. The van der Waals surface area contributed by atoms with Crippen LogP contribution in [0.4, 0.5) is 5.69 Å². The Morgan fingerprint density at radius 3 is 2.57 bits per heavy atom. The van der Waals surface area contributed by atoms with Crippen molar-refractivity contribution in [1.29, 1.82) is 0 Å². The van der Waals surface area contributed by atoms with Crippen LogP contribution in [0.1, 0.15) is 29.9 Å². The van der Waals surface area contributed by atoms with Gasteiger partial charge in [-0.05, 0) is 29.2 Å². The number of rotatable bonds is 1. The number of carbonyl (C=O) groups is 1. The van der Waals surface area contributed by atoms with E-state index in [2.05, 4.69) is 53.4 Å². The number of benzene rings is 2. The van der Waals surface area contributed by atoms with Crippen LogP contribution in [-0.2, 0) is 10.3 Å². The molecule has 102 valence electrons. The summed E-state index contributed by atoms with van der Waals surface area (Å²) in [5, 5.41) is 0. The first kappa shape index (κ1) is 11.3. The van der Waals surface area contributed by atoms with E-state index in [-0.39, 0.29) is 11.4 Å².